The van der Waals surface area contributed by atoms with E-state index in [1.54, 1.807) is 12.1 Å². The Morgan fingerprint density at radius 2 is 1.60 bits per heavy atom. The van der Waals surface area contributed by atoms with Crippen LogP contribution in [0, 0.1) is 5.41 Å². The monoisotopic (exact) mass is 348 g/mol. The SMILES string of the molecule is CC.CCC1(C(=O)O)CC(C)(c2ccc(C(=O)OC(C)(C)C)cc2)C1. The molecule has 25 heavy (non-hydrogen) atoms. The number of hydrogen-bond acceptors (Lipinski definition) is 3. The van der Waals surface area contributed by atoms with Crippen LogP contribution >= 0.6 is 0 Å². The third-order valence-corrected chi connectivity index (χ3v) is 4.80. The van der Waals surface area contributed by atoms with Gasteiger partial charge in [0.2, 0.25) is 0 Å². The first-order valence-electron chi connectivity index (χ1n) is 9.09. The van der Waals surface area contributed by atoms with Gasteiger partial charge in [0.05, 0.1) is 11.0 Å². The number of carboxylic acid groups (broad SMARTS) is 1. The van der Waals surface area contributed by atoms with E-state index >= 15 is 0 Å². The lowest BCUT2D eigenvalue weighted by molar-refractivity contribution is -0.160. The maximum Gasteiger partial charge on any atom is 0.338 e. The zero-order chi connectivity index (χ0) is 19.5. The number of carbonyl (C=O) groups excluding carboxylic acids is 1. The van der Waals surface area contributed by atoms with Gasteiger partial charge in [0.1, 0.15) is 5.60 Å². The molecule has 0 radical (unpaired) electrons. The highest BCUT2D eigenvalue weighted by Crippen LogP contribution is 2.57. The Morgan fingerprint density at radius 3 is 1.96 bits per heavy atom. The molecule has 1 aliphatic rings. The molecular weight excluding hydrogens is 316 g/mol. The van der Waals surface area contributed by atoms with Crippen LogP contribution in [0.3, 0.4) is 0 Å². The number of aliphatic carboxylic acids is 1. The first-order chi connectivity index (χ1) is 11.5. The van der Waals surface area contributed by atoms with Crippen LogP contribution in [0.5, 0.6) is 0 Å². The zero-order valence-electron chi connectivity index (χ0n) is 16.6. The second-order valence-corrected chi connectivity index (χ2v) is 7.93. The molecule has 0 unspecified atom stereocenters. The van der Waals surface area contributed by atoms with Gasteiger partial charge in [-0.3, -0.25) is 4.79 Å². The predicted molar refractivity (Wildman–Crippen MR) is 99.9 cm³/mol. The van der Waals surface area contributed by atoms with Crippen molar-refractivity contribution in [3.63, 3.8) is 0 Å². The number of hydrogen-bond donors (Lipinski definition) is 1. The number of carbonyl (C=O) groups is 2. The Bertz CT molecular complexity index is 602. The number of carboxylic acids is 1. The number of ether oxygens (including phenoxy) is 1. The molecule has 0 aliphatic heterocycles. The van der Waals surface area contributed by atoms with E-state index in [0.717, 1.165) is 5.56 Å². The van der Waals surface area contributed by atoms with Gasteiger partial charge in [0.25, 0.3) is 0 Å². The Kier molecular flexibility index (Phi) is 6.44. The summed E-state index contributed by atoms with van der Waals surface area (Å²) in [5.74, 6) is -1.04. The van der Waals surface area contributed by atoms with Crippen molar-refractivity contribution in [3.8, 4) is 0 Å². The summed E-state index contributed by atoms with van der Waals surface area (Å²) in [7, 11) is 0. The largest absolute Gasteiger partial charge is 0.481 e. The van der Waals surface area contributed by atoms with E-state index in [1.807, 2.05) is 53.7 Å². The van der Waals surface area contributed by atoms with Crippen molar-refractivity contribution in [3.05, 3.63) is 35.4 Å². The van der Waals surface area contributed by atoms with Gasteiger partial charge in [-0.05, 0) is 63.1 Å². The molecule has 1 aromatic rings. The topological polar surface area (TPSA) is 63.6 Å². The minimum Gasteiger partial charge on any atom is -0.481 e. The third kappa shape index (κ3) is 4.62. The Labute approximate surface area is 151 Å². The van der Waals surface area contributed by atoms with Crippen LogP contribution in [0.4, 0.5) is 0 Å². The second kappa shape index (κ2) is 7.59. The number of rotatable bonds is 4. The number of esters is 1. The minimum atomic E-state index is -0.706. The zero-order valence-corrected chi connectivity index (χ0v) is 16.6. The Balaban J connectivity index is 0.00000151. The van der Waals surface area contributed by atoms with Gasteiger partial charge in [-0.15, -0.1) is 0 Å². The third-order valence-electron chi connectivity index (χ3n) is 4.80. The summed E-state index contributed by atoms with van der Waals surface area (Å²) in [5.41, 5.74) is 0.346. The fraction of sp³-hybridized carbons (Fsp3) is 0.619. The Morgan fingerprint density at radius 1 is 1.12 bits per heavy atom. The van der Waals surface area contributed by atoms with Crippen LogP contribution < -0.4 is 0 Å². The molecule has 140 valence electrons. The molecule has 1 aliphatic carbocycles. The summed E-state index contributed by atoms with van der Waals surface area (Å²) in [6, 6.07) is 7.37. The molecule has 0 spiro atoms. The highest BCUT2D eigenvalue weighted by atomic mass is 16.6. The fourth-order valence-corrected chi connectivity index (χ4v) is 3.54. The van der Waals surface area contributed by atoms with Gasteiger partial charge < -0.3 is 9.84 Å². The molecule has 0 amide bonds. The molecule has 1 saturated carbocycles. The summed E-state index contributed by atoms with van der Waals surface area (Å²) in [6.07, 6.45) is 1.92. The van der Waals surface area contributed by atoms with Crippen LogP contribution in [-0.2, 0) is 14.9 Å². The van der Waals surface area contributed by atoms with Crippen LogP contribution in [0.15, 0.2) is 24.3 Å². The molecule has 1 aromatic carbocycles. The van der Waals surface area contributed by atoms with E-state index in [4.69, 9.17) is 4.74 Å². The van der Waals surface area contributed by atoms with E-state index in [9.17, 15) is 14.7 Å². The molecule has 0 heterocycles. The van der Waals surface area contributed by atoms with E-state index in [2.05, 4.69) is 6.92 Å². The van der Waals surface area contributed by atoms with Gasteiger partial charge in [-0.1, -0.05) is 39.8 Å². The quantitative estimate of drug-likeness (QED) is 0.760. The highest BCUT2D eigenvalue weighted by molar-refractivity contribution is 5.89. The average molecular weight is 348 g/mol. The predicted octanol–water partition coefficient (Wildman–Crippen LogP) is 5.20. The number of benzene rings is 1. The molecule has 4 heteroatoms. The second-order valence-electron chi connectivity index (χ2n) is 7.93. The lowest BCUT2D eigenvalue weighted by Crippen LogP contribution is -2.52. The van der Waals surface area contributed by atoms with Gasteiger partial charge >= 0.3 is 11.9 Å². The molecule has 1 N–H and O–H groups in total. The first kappa shape index (κ1) is 21.2. The summed E-state index contributed by atoms with van der Waals surface area (Å²) < 4.78 is 5.35. The van der Waals surface area contributed by atoms with Gasteiger partial charge in [0, 0.05) is 0 Å². The van der Waals surface area contributed by atoms with Crippen molar-refractivity contribution in [1.82, 2.24) is 0 Å². The van der Waals surface area contributed by atoms with Gasteiger partial charge in [0.15, 0.2) is 0 Å². The van der Waals surface area contributed by atoms with Crippen LogP contribution in [-0.4, -0.2) is 22.6 Å². The summed E-state index contributed by atoms with van der Waals surface area (Å²) in [4.78, 5) is 23.5. The van der Waals surface area contributed by atoms with E-state index in [-0.39, 0.29) is 11.4 Å². The summed E-state index contributed by atoms with van der Waals surface area (Å²) in [5, 5.41) is 9.43. The smallest absolute Gasteiger partial charge is 0.338 e. The molecule has 0 atom stereocenters. The van der Waals surface area contributed by atoms with E-state index < -0.39 is 17.0 Å². The van der Waals surface area contributed by atoms with Gasteiger partial charge in [-0.2, -0.15) is 0 Å². The fourth-order valence-electron chi connectivity index (χ4n) is 3.54. The Hall–Kier alpha value is -1.84. The highest BCUT2D eigenvalue weighted by Gasteiger charge is 2.56. The molecular formula is C21H32O4. The van der Waals surface area contributed by atoms with Crippen molar-refractivity contribution in [2.45, 2.75) is 78.7 Å². The molecule has 0 saturated heterocycles. The lowest BCUT2D eigenvalue weighted by atomic mass is 9.50. The van der Waals surface area contributed by atoms with Crippen molar-refractivity contribution >= 4 is 11.9 Å². The summed E-state index contributed by atoms with van der Waals surface area (Å²) in [6.45, 7) is 13.5. The van der Waals surface area contributed by atoms with E-state index in [1.165, 1.54) is 0 Å². The first-order valence-corrected chi connectivity index (χ1v) is 9.09. The van der Waals surface area contributed by atoms with Crippen LogP contribution in [0.1, 0.15) is 83.7 Å². The normalized spacial score (nSPS) is 25.2. The van der Waals surface area contributed by atoms with Crippen molar-refractivity contribution < 1.29 is 19.4 Å². The minimum absolute atomic E-state index is 0.138. The molecule has 2 rings (SSSR count). The average Bonchev–Trinajstić information content (AvgIpc) is 2.52. The lowest BCUT2D eigenvalue weighted by Gasteiger charge is -2.52. The molecule has 0 bridgehead atoms. The maximum absolute atomic E-state index is 12.0. The van der Waals surface area contributed by atoms with Crippen molar-refractivity contribution in [2.75, 3.05) is 0 Å². The van der Waals surface area contributed by atoms with Crippen molar-refractivity contribution in [1.29, 1.82) is 0 Å². The van der Waals surface area contributed by atoms with Crippen LogP contribution in [0.2, 0.25) is 0 Å². The molecule has 1 fully saturated rings. The molecule has 0 aromatic heterocycles. The van der Waals surface area contributed by atoms with Gasteiger partial charge in [-0.25, -0.2) is 4.79 Å². The maximum atomic E-state index is 12.0. The van der Waals surface area contributed by atoms with Crippen molar-refractivity contribution in [2.24, 2.45) is 5.41 Å². The molecule has 4 nitrogen and oxygen atoms in total. The van der Waals surface area contributed by atoms with E-state index in [0.29, 0.717) is 24.8 Å². The standard InChI is InChI=1S/C19H26O4.C2H6/c1-6-19(16(21)22)11-18(5,12-19)14-9-7-13(8-10-14)15(20)23-17(2,3)4;1-2/h7-10H,6,11-12H2,1-5H3,(H,21,22);1-2H3. The summed E-state index contributed by atoms with van der Waals surface area (Å²) >= 11 is 0. The van der Waals surface area contributed by atoms with Crippen LogP contribution in [0.25, 0.3) is 0 Å².